The van der Waals surface area contributed by atoms with Gasteiger partial charge in [-0.3, -0.25) is 0 Å². The van der Waals surface area contributed by atoms with E-state index in [4.69, 9.17) is 10.1 Å². The molecule has 3 nitrogen and oxygen atoms in total. The van der Waals surface area contributed by atoms with Crippen molar-refractivity contribution >= 4 is 38.6 Å². The van der Waals surface area contributed by atoms with Gasteiger partial charge in [0.2, 0.25) is 0 Å². The molecule has 0 saturated heterocycles. The minimum atomic E-state index is 0.184. The van der Waals surface area contributed by atoms with Crippen LogP contribution in [0.4, 0.5) is 0 Å². The molecular weight excluding hydrogens is 474 g/mol. The van der Waals surface area contributed by atoms with Crippen LogP contribution in [0.1, 0.15) is 23.6 Å². The van der Waals surface area contributed by atoms with Crippen LogP contribution in [0.3, 0.4) is 0 Å². The lowest BCUT2D eigenvalue weighted by Crippen LogP contribution is -2.11. The zero-order valence-electron chi connectivity index (χ0n) is 21.3. The number of aromatic nitrogens is 3. The fourth-order valence-electron chi connectivity index (χ4n) is 5.98. The molecule has 1 aliphatic rings. The quantitative estimate of drug-likeness (QED) is 0.243. The highest BCUT2D eigenvalue weighted by Gasteiger charge is 2.25. The number of rotatable bonds is 3. The van der Waals surface area contributed by atoms with Crippen molar-refractivity contribution in [2.24, 2.45) is 0 Å². The summed E-state index contributed by atoms with van der Waals surface area (Å²) in [5, 5.41) is 11.0. The van der Waals surface area contributed by atoms with Crippen molar-refractivity contribution in [3.05, 3.63) is 139 Å². The largest absolute Gasteiger partial charge is 0.248 e. The molecule has 5 aromatic carbocycles. The van der Waals surface area contributed by atoms with E-state index in [-0.39, 0.29) is 5.92 Å². The average Bonchev–Trinajstić information content (AvgIpc) is 3.39. The molecule has 1 unspecified atom stereocenters. The highest BCUT2D eigenvalue weighted by Crippen LogP contribution is 2.39. The maximum Gasteiger partial charge on any atom is 0.0930 e. The van der Waals surface area contributed by atoms with Crippen molar-refractivity contribution in [2.75, 3.05) is 0 Å². The number of pyridine rings is 1. The molecule has 3 heterocycles. The molecule has 39 heavy (non-hydrogen) atoms. The van der Waals surface area contributed by atoms with E-state index >= 15 is 0 Å². The minimum Gasteiger partial charge on any atom is -0.248 e. The average molecular weight is 500 g/mol. The van der Waals surface area contributed by atoms with Crippen LogP contribution >= 0.6 is 0 Å². The van der Waals surface area contributed by atoms with Crippen LogP contribution in [0.25, 0.3) is 61.2 Å². The van der Waals surface area contributed by atoms with Gasteiger partial charge in [-0.25, -0.2) is 9.67 Å². The molecule has 0 radical (unpaired) electrons. The fraction of sp³-hybridized carbons (Fsp3) is 0.0556. The van der Waals surface area contributed by atoms with Gasteiger partial charge in [0.1, 0.15) is 0 Å². The normalized spacial score (nSPS) is 14.7. The van der Waals surface area contributed by atoms with Gasteiger partial charge < -0.3 is 0 Å². The summed E-state index contributed by atoms with van der Waals surface area (Å²) in [7, 11) is 0. The summed E-state index contributed by atoms with van der Waals surface area (Å²) in [4.78, 5) is 5.25. The van der Waals surface area contributed by atoms with E-state index in [1.807, 2.05) is 0 Å². The summed E-state index contributed by atoms with van der Waals surface area (Å²) in [5.74, 6) is 0.184. The molecule has 0 fully saturated rings. The SMILES string of the molecule is C1=Cn2nc3ccccc3c2C(c2cc(-c3ccc4ccccc4c3)nc(-c3ccc4ccccc4c3)c2)C1. The third-order valence-electron chi connectivity index (χ3n) is 7.93. The van der Waals surface area contributed by atoms with E-state index < -0.39 is 0 Å². The highest BCUT2D eigenvalue weighted by molar-refractivity contribution is 5.89. The molecule has 0 amide bonds. The minimum absolute atomic E-state index is 0.184. The van der Waals surface area contributed by atoms with Gasteiger partial charge in [0.25, 0.3) is 0 Å². The van der Waals surface area contributed by atoms with Crippen LogP contribution in [0.2, 0.25) is 0 Å². The van der Waals surface area contributed by atoms with E-state index in [1.165, 1.54) is 38.2 Å². The van der Waals surface area contributed by atoms with Crippen LogP contribution in [-0.2, 0) is 0 Å². The Balaban J connectivity index is 1.35. The summed E-state index contributed by atoms with van der Waals surface area (Å²) in [5.41, 5.74) is 7.77. The fourth-order valence-corrected chi connectivity index (χ4v) is 5.98. The summed E-state index contributed by atoms with van der Waals surface area (Å²) in [6, 6.07) is 43.3. The molecule has 1 atom stereocenters. The van der Waals surface area contributed by atoms with E-state index in [9.17, 15) is 0 Å². The molecule has 0 saturated carbocycles. The first-order valence-electron chi connectivity index (χ1n) is 13.4. The van der Waals surface area contributed by atoms with Crippen molar-refractivity contribution in [3.8, 4) is 22.5 Å². The van der Waals surface area contributed by atoms with Gasteiger partial charge in [0.05, 0.1) is 22.6 Å². The lowest BCUT2D eigenvalue weighted by molar-refractivity contribution is 0.723. The van der Waals surface area contributed by atoms with Crippen molar-refractivity contribution in [3.63, 3.8) is 0 Å². The maximum atomic E-state index is 5.25. The zero-order valence-corrected chi connectivity index (χ0v) is 21.3. The standard InChI is InChI=1S/C36H25N3/c1-3-10-26-20-28(17-15-24(26)8-1)34-22-30(23-35(37-34)29-18-16-25-9-2-4-11-27(25)21-29)31-13-7-19-39-36(31)32-12-5-6-14-33(32)38-39/h1-12,14-23,31H,13H2. The monoisotopic (exact) mass is 499 g/mol. The van der Waals surface area contributed by atoms with Gasteiger partial charge in [0.15, 0.2) is 0 Å². The van der Waals surface area contributed by atoms with Crippen LogP contribution < -0.4 is 0 Å². The Labute approximate surface area is 226 Å². The number of hydrogen-bond acceptors (Lipinski definition) is 2. The molecular formula is C36H25N3. The first kappa shape index (κ1) is 22.0. The van der Waals surface area contributed by atoms with Crippen molar-refractivity contribution in [1.29, 1.82) is 0 Å². The Morgan fingerprint density at radius 1 is 0.590 bits per heavy atom. The molecule has 1 aliphatic heterocycles. The maximum absolute atomic E-state index is 5.25. The van der Waals surface area contributed by atoms with Gasteiger partial charge in [-0.05, 0) is 63.9 Å². The number of nitrogens with zero attached hydrogens (tertiary/aromatic N) is 3. The van der Waals surface area contributed by atoms with Gasteiger partial charge in [-0.15, -0.1) is 0 Å². The topological polar surface area (TPSA) is 30.7 Å². The molecule has 0 aliphatic carbocycles. The Bertz CT molecular complexity index is 1970. The van der Waals surface area contributed by atoms with Gasteiger partial charge in [0, 0.05) is 28.6 Å². The number of allylic oxidation sites excluding steroid dienone is 1. The molecule has 0 bridgehead atoms. The van der Waals surface area contributed by atoms with Gasteiger partial charge >= 0.3 is 0 Å². The second-order valence-corrected chi connectivity index (χ2v) is 10.3. The smallest absolute Gasteiger partial charge is 0.0930 e. The Morgan fingerprint density at radius 3 is 1.85 bits per heavy atom. The molecule has 0 spiro atoms. The summed E-state index contributed by atoms with van der Waals surface area (Å²) < 4.78 is 2.06. The summed E-state index contributed by atoms with van der Waals surface area (Å²) in [6.45, 7) is 0. The van der Waals surface area contributed by atoms with Crippen LogP contribution in [0, 0.1) is 0 Å². The van der Waals surface area contributed by atoms with E-state index in [0.717, 1.165) is 34.5 Å². The predicted molar refractivity (Wildman–Crippen MR) is 162 cm³/mol. The number of benzene rings is 5. The van der Waals surface area contributed by atoms with E-state index in [1.54, 1.807) is 0 Å². The molecule has 0 N–H and O–H groups in total. The lowest BCUT2D eigenvalue weighted by Gasteiger charge is -2.22. The van der Waals surface area contributed by atoms with Crippen molar-refractivity contribution in [1.82, 2.24) is 14.8 Å². The summed E-state index contributed by atoms with van der Waals surface area (Å²) in [6.07, 6.45) is 5.25. The second-order valence-electron chi connectivity index (χ2n) is 10.3. The van der Waals surface area contributed by atoms with Crippen LogP contribution in [0.15, 0.2) is 127 Å². The Kier molecular flexibility index (Phi) is 4.95. The second kappa shape index (κ2) is 8.78. The van der Waals surface area contributed by atoms with Crippen LogP contribution in [0.5, 0.6) is 0 Å². The third-order valence-corrected chi connectivity index (χ3v) is 7.93. The molecule has 8 rings (SSSR count). The van der Waals surface area contributed by atoms with Gasteiger partial charge in [-0.2, -0.15) is 5.10 Å². The highest BCUT2D eigenvalue weighted by atomic mass is 15.3. The van der Waals surface area contributed by atoms with Crippen LogP contribution in [-0.4, -0.2) is 14.8 Å². The number of fused-ring (bicyclic) bond motifs is 5. The number of hydrogen-bond donors (Lipinski definition) is 0. The first-order chi connectivity index (χ1) is 19.3. The van der Waals surface area contributed by atoms with Crippen molar-refractivity contribution in [2.45, 2.75) is 12.3 Å². The predicted octanol–water partition coefficient (Wildman–Crippen LogP) is 9.08. The van der Waals surface area contributed by atoms with E-state index in [0.29, 0.717) is 0 Å². The van der Waals surface area contributed by atoms with E-state index in [2.05, 4.69) is 138 Å². The Morgan fingerprint density at radius 2 is 1.18 bits per heavy atom. The molecule has 184 valence electrons. The zero-order chi connectivity index (χ0) is 25.8. The third kappa shape index (κ3) is 3.74. The summed E-state index contributed by atoms with van der Waals surface area (Å²) >= 11 is 0. The molecule has 7 aromatic rings. The van der Waals surface area contributed by atoms with Crippen molar-refractivity contribution < 1.29 is 0 Å². The molecule has 3 heteroatoms. The molecule has 2 aromatic heterocycles. The lowest BCUT2D eigenvalue weighted by atomic mass is 9.87. The first-order valence-corrected chi connectivity index (χ1v) is 13.4. The Hall–Kier alpha value is -5.02. The van der Waals surface area contributed by atoms with Gasteiger partial charge in [-0.1, -0.05) is 97.1 Å².